The van der Waals surface area contributed by atoms with Crippen LogP contribution in [0.1, 0.15) is 33.1 Å². The number of hydrogen-bond donors (Lipinski definition) is 2. The molecule has 1 aromatic carbocycles. The van der Waals surface area contributed by atoms with Gasteiger partial charge in [-0.15, -0.1) is 0 Å². The maximum Gasteiger partial charge on any atom is 0.244 e. The average Bonchev–Trinajstić information content (AvgIpc) is 2.98. The Bertz CT molecular complexity index is 620. The monoisotopic (exact) mass is 310 g/mol. The van der Waals surface area contributed by atoms with Gasteiger partial charge in [0.25, 0.3) is 0 Å². The Balaban J connectivity index is 2.30. The molecule has 2 N–H and O–H groups in total. The van der Waals surface area contributed by atoms with Gasteiger partial charge in [0.15, 0.2) is 9.84 Å². The highest BCUT2D eigenvalue weighted by Gasteiger charge is 2.39. The molecular weight excluding hydrogens is 288 g/mol. The summed E-state index contributed by atoms with van der Waals surface area (Å²) in [5.74, 6) is -0.141. The van der Waals surface area contributed by atoms with Crippen molar-refractivity contribution in [3.05, 3.63) is 24.3 Å². The van der Waals surface area contributed by atoms with Gasteiger partial charge in [-0.3, -0.25) is 4.79 Å². The number of amides is 1. The molecule has 0 aromatic heterocycles. The highest BCUT2D eigenvalue weighted by molar-refractivity contribution is 7.91. The van der Waals surface area contributed by atoms with Crippen molar-refractivity contribution in [3.8, 4) is 0 Å². The molecule has 2 rings (SSSR count). The average molecular weight is 310 g/mol. The summed E-state index contributed by atoms with van der Waals surface area (Å²) < 4.78 is 24.2. The van der Waals surface area contributed by atoms with E-state index in [-0.39, 0.29) is 16.6 Å². The van der Waals surface area contributed by atoms with E-state index in [0.29, 0.717) is 12.1 Å². The molecule has 1 heterocycles. The zero-order valence-corrected chi connectivity index (χ0v) is 13.3. The highest BCUT2D eigenvalue weighted by Crippen LogP contribution is 2.27. The Morgan fingerprint density at radius 2 is 2.05 bits per heavy atom. The molecule has 0 aliphatic carbocycles. The summed E-state index contributed by atoms with van der Waals surface area (Å²) in [5.41, 5.74) is -0.214. The Kier molecular flexibility index (Phi) is 4.68. The topological polar surface area (TPSA) is 75.3 Å². The predicted molar refractivity (Wildman–Crippen MR) is 83.1 cm³/mol. The quantitative estimate of drug-likeness (QED) is 0.871. The van der Waals surface area contributed by atoms with Crippen molar-refractivity contribution in [1.29, 1.82) is 0 Å². The van der Waals surface area contributed by atoms with Crippen LogP contribution in [0, 0.1) is 0 Å². The Labute approximate surface area is 126 Å². The Hall–Kier alpha value is -1.40. The number of rotatable bonds is 5. The fraction of sp³-hybridized carbons (Fsp3) is 0.533. The molecule has 0 bridgehead atoms. The van der Waals surface area contributed by atoms with Crippen molar-refractivity contribution in [1.82, 2.24) is 5.32 Å². The Morgan fingerprint density at radius 3 is 2.62 bits per heavy atom. The summed E-state index contributed by atoms with van der Waals surface area (Å²) in [6.45, 7) is 4.38. The van der Waals surface area contributed by atoms with Crippen molar-refractivity contribution in [2.24, 2.45) is 0 Å². The van der Waals surface area contributed by atoms with Crippen molar-refractivity contribution < 1.29 is 13.2 Å². The molecule has 1 atom stereocenters. The van der Waals surface area contributed by atoms with Crippen LogP contribution >= 0.6 is 0 Å². The minimum Gasteiger partial charge on any atom is -0.323 e. The molecule has 6 heteroatoms. The number of hydrogen-bond acceptors (Lipinski definition) is 4. The first-order valence-corrected chi connectivity index (χ1v) is 8.98. The minimum absolute atomic E-state index is 0.0110. The van der Waals surface area contributed by atoms with Crippen LogP contribution < -0.4 is 10.6 Å². The lowest BCUT2D eigenvalue weighted by molar-refractivity contribution is -0.122. The molecule has 1 aromatic rings. The molecule has 5 nitrogen and oxygen atoms in total. The van der Waals surface area contributed by atoms with Crippen LogP contribution in [0.15, 0.2) is 29.2 Å². The van der Waals surface area contributed by atoms with Gasteiger partial charge in [0, 0.05) is 0 Å². The third-order valence-corrected chi connectivity index (χ3v) is 5.92. The van der Waals surface area contributed by atoms with Gasteiger partial charge in [-0.1, -0.05) is 26.0 Å². The van der Waals surface area contributed by atoms with Gasteiger partial charge in [-0.05, 0) is 37.9 Å². The van der Waals surface area contributed by atoms with Crippen LogP contribution in [-0.2, 0) is 14.6 Å². The number of carbonyl (C=O) groups is 1. The summed E-state index contributed by atoms with van der Waals surface area (Å²) in [5, 5.41) is 6.05. The fourth-order valence-electron chi connectivity index (χ4n) is 2.70. The molecule has 1 aliphatic heterocycles. The van der Waals surface area contributed by atoms with E-state index in [2.05, 4.69) is 10.6 Å². The Morgan fingerprint density at radius 1 is 1.33 bits per heavy atom. The third-order valence-electron chi connectivity index (χ3n) is 4.13. The molecule has 1 saturated heterocycles. The van der Waals surface area contributed by atoms with E-state index in [0.717, 1.165) is 19.4 Å². The van der Waals surface area contributed by atoms with E-state index in [1.165, 1.54) is 6.07 Å². The van der Waals surface area contributed by atoms with Gasteiger partial charge in [-0.25, -0.2) is 8.42 Å². The van der Waals surface area contributed by atoms with Gasteiger partial charge in [0.05, 0.1) is 21.9 Å². The molecule has 1 aliphatic rings. The standard InChI is InChI=1S/C15H22N2O3S/c1-3-15(10-7-11-16-15)14(18)17-12-8-5-6-9-13(12)21(19,20)4-2/h5-6,8-9,16H,3-4,7,10-11H2,1-2H3,(H,17,18). The molecule has 1 unspecified atom stereocenters. The molecule has 116 valence electrons. The van der Waals surface area contributed by atoms with E-state index in [1.54, 1.807) is 25.1 Å². The van der Waals surface area contributed by atoms with Crippen LogP contribution in [0.3, 0.4) is 0 Å². The van der Waals surface area contributed by atoms with Gasteiger partial charge in [-0.2, -0.15) is 0 Å². The number of nitrogens with one attached hydrogen (secondary N) is 2. The second-order valence-corrected chi connectivity index (χ2v) is 7.57. The molecular formula is C15H22N2O3S. The smallest absolute Gasteiger partial charge is 0.244 e. The van der Waals surface area contributed by atoms with E-state index in [1.807, 2.05) is 6.92 Å². The molecule has 0 saturated carbocycles. The normalized spacial score (nSPS) is 22.2. The summed E-state index contributed by atoms with van der Waals surface area (Å²) in [6.07, 6.45) is 2.41. The van der Waals surface area contributed by atoms with Gasteiger partial charge >= 0.3 is 0 Å². The number of carbonyl (C=O) groups excluding carboxylic acids is 1. The van der Waals surface area contributed by atoms with Gasteiger partial charge < -0.3 is 10.6 Å². The lowest BCUT2D eigenvalue weighted by Gasteiger charge is -2.27. The minimum atomic E-state index is -3.36. The van der Waals surface area contributed by atoms with Crippen LogP contribution in [0.25, 0.3) is 0 Å². The van der Waals surface area contributed by atoms with E-state index < -0.39 is 15.4 Å². The molecule has 1 amide bonds. The van der Waals surface area contributed by atoms with Crippen LogP contribution in [0.5, 0.6) is 0 Å². The van der Waals surface area contributed by atoms with Crippen molar-refractivity contribution in [2.75, 3.05) is 17.6 Å². The fourth-order valence-corrected chi connectivity index (χ4v) is 3.75. The van der Waals surface area contributed by atoms with Gasteiger partial charge in [0.2, 0.25) is 5.91 Å². The molecule has 1 fully saturated rings. The summed E-state index contributed by atoms with van der Waals surface area (Å²) in [6, 6.07) is 6.57. The van der Waals surface area contributed by atoms with Crippen LogP contribution in [0.4, 0.5) is 5.69 Å². The van der Waals surface area contributed by atoms with Crippen LogP contribution in [-0.4, -0.2) is 32.2 Å². The maximum absolute atomic E-state index is 12.6. The first kappa shape index (κ1) is 16.0. The second-order valence-electron chi connectivity index (χ2n) is 5.32. The summed E-state index contributed by atoms with van der Waals surface area (Å²) in [4.78, 5) is 12.8. The van der Waals surface area contributed by atoms with Crippen molar-refractivity contribution >= 4 is 21.4 Å². The van der Waals surface area contributed by atoms with E-state index in [9.17, 15) is 13.2 Å². The zero-order valence-electron chi connectivity index (χ0n) is 12.5. The largest absolute Gasteiger partial charge is 0.323 e. The first-order valence-electron chi connectivity index (χ1n) is 7.33. The highest BCUT2D eigenvalue weighted by atomic mass is 32.2. The first-order chi connectivity index (χ1) is 9.95. The van der Waals surface area contributed by atoms with Crippen LogP contribution in [0.2, 0.25) is 0 Å². The van der Waals surface area contributed by atoms with Crippen molar-refractivity contribution in [3.63, 3.8) is 0 Å². The summed E-state index contributed by atoms with van der Waals surface area (Å²) in [7, 11) is -3.36. The lowest BCUT2D eigenvalue weighted by atomic mass is 9.93. The number of para-hydroxylation sites is 1. The van der Waals surface area contributed by atoms with E-state index in [4.69, 9.17) is 0 Å². The second kappa shape index (κ2) is 6.15. The lowest BCUT2D eigenvalue weighted by Crippen LogP contribution is -2.50. The molecule has 0 spiro atoms. The predicted octanol–water partition coefficient (Wildman–Crippen LogP) is 1.95. The van der Waals surface area contributed by atoms with Crippen molar-refractivity contribution in [2.45, 2.75) is 43.5 Å². The number of anilines is 1. The SMILES string of the molecule is CCC1(C(=O)Nc2ccccc2S(=O)(=O)CC)CCCN1. The third kappa shape index (κ3) is 3.11. The maximum atomic E-state index is 12.6. The van der Waals surface area contributed by atoms with E-state index >= 15 is 0 Å². The number of sulfone groups is 1. The number of benzene rings is 1. The zero-order chi connectivity index (χ0) is 15.5. The van der Waals surface area contributed by atoms with Gasteiger partial charge in [0.1, 0.15) is 0 Å². The molecule has 0 radical (unpaired) electrons. The summed E-state index contributed by atoms with van der Waals surface area (Å²) >= 11 is 0. The molecule has 21 heavy (non-hydrogen) atoms.